The Labute approximate surface area is 168 Å². The van der Waals surface area contributed by atoms with E-state index in [1.807, 2.05) is 0 Å². The minimum Gasteiger partial charge on any atom is -0.497 e. The van der Waals surface area contributed by atoms with Gasteiger partial charge in [0.05, 0.1) is 24.4 Å². The third-order valence-electron chi connectivity index (χ3n) is 3.75. The largest absolute Gasteiger partial charge is 0.497 e. The molecule has 0 unspecified atom stereocenters. The van der Waals surface area contributed by atoms with Crippen molar-refractivity contribution in [1.82, 2.24) is 10.1 Å². The maximum atomic E-state index is 13.0. The molecule has 0 spiro atoms. The maximum Gasteiger partial charge on any atom is 0.400 e. The predicted molar refractivity (Wildman–Crippen MR) is 100 cm³/mol. The molecule has 146 valence electrons. The molecule has 2 aromatic carbocycles. The van der Waals surface area contributed by atoms with E-state index < -0.39 is 11.3 Å². The maximum absolute atomic E-state index is 13.0. The van der Waals surface area contributed by atoms with Crippen LogP contribution in [0.15, 0.2) is 47.0 Å². The number of hydrogen-bond acceptors (Lipinski definition) is 6. The zero-order chi connectivity index (χ0) is 20.3. The Morgan fingerprint density at radius 1 is 1.25 bits per heavy atom. The van der Waals surface area contributed by atoms with Gasteiger partial charge < -0.3 is 14.6 Å². The molecular weight excluding hydrogens is 415 g/mol. The number of anilines is 1. The molecule has 0 radical (unpaired) electrons. The number of rotatable bonds is 7. The minimum absolute atomic E-state index is 0.0101. The molecule has 0 saturated carbocycles. The Kier molecular flexibility index (Phi) is 5.81. The number of benzene rings is 2. The third kappa shape index (κ3) is 4.58. The second-order valence-electron chi connectivity index (χ2n) is 5.62. The first-order valence-corrected chi connectivity index (χ1v) is 8.65. The van der Waals surface area contributed by atoms with Crippen LogP contribution in [0.1, 0.15) is 16.2 Å². The molecule has 3 aromatic rings. The van der Waals surface area contributed by atoms with Crippen LogP contribution in [0.3, 0.4) is 0 Å². The van der Waals surface area contributed by atoms with Gasteiger partial charge >= 0.3 is 11.3 Å². The summed E-state index contributed by atoms with van der Waals surface area (Å²) in [5.74, 6) is -0.643. The number of carbonyl (C=O) groups is 1. The summed E-state index contributed by atoms with van der Waals surface area (Å²) in [6.45, 7) is 0.0101. The highest BCUT2D eigenvalue weighted by Gasteiger charge is 2.35. The number of ketones is 1. The van der Waals surface area contributed by atoms with Crippen LogP contribution in [-0.2, 0) is 5.38 Å². The zero-order valence-electron chi connectivity index (χ0n) is 14.4. The van der Waals surface area contributed by atoms with Crippen LogP contribution in [0.25, 0.3) is 11.4 Å². The van der Waals surface area contributed by atoms with Gasteiger partial charge in [0.1, 0.15) is 5.75 Å². The van der Waals surface area contributed by atoms with Gasteiger partial charge in [-0.1, -0.05) is 41.0 Å². The van der Waals surface area contributed by atoms with E-state index >= 15 is 0 Å². The normalized spacial score (nSPS) is 11.3. The fourth-order valence-corrected chi connectivity index (χ4v) is 2.62. The van der Waals surface area contributed by atoms with E-state index in [1.54, 1.807) is 18.2 Å². The highest BCUT2D eigenvalue weighted by molar-refractivity contribution is 6.33. The van der Waals surface area contributed by atoms with E-state index in [4.69, 9.17) is 27.9 Å². The van der Waals surface area contributed by atoms with Crippen LogP contribution in [-0.4, -0.2) is 29.6 Å². The lowest BCUT2D eigenvalue weighted by Crippen LogP contribution is -2.14. The van der Waals surface area contributed by atoms with Crippen LogP contribution in [0.2, 0.25) is 5.02 Å². The molecule has 28 heavy (non-hydrogen) atoms. The van der Waals surface area contributed by atoms with Crippen LogP contribution in [0.4, 0.5) is 14.5 Å². The molecule has 0 bridgehead atoms. The summed E-state index contributed by atoms with van der Waals surface area (Å²) in [6.07, 6.45) is 0. The van der Waals surface area contributed by atoms with Crippen LogP contribution >= 0.6 is 23.2 Å². The number of ether oxygens (including phenoxy) is 1. The number of nitrogens with one attached hydrogen (secondary N) is 1. The second kappa shape index (κ2) is 8.12. The molecule has 0 aliphatic rings. The summed E-state index contributed by atoms with van der Waals surface area (Å²) < 4.78 is 35.4. The van der Waals surface area contributed by atoms with E-state index in [2.05, 4.69) is 20.0 Å². The smallest absolute Gasteiger partial charge is 0.400 e. The Morgan fingerprint density at radius 2 is 1.96 bits per heavy atom. The van der Waals surface area contributed by atoms with Gasteiger partial charge in [0.2, 0.25) is 5.82 Å². The number of halogens is 4. The van der Waals surface area contributed by atoms with Crippen LogP contribution < -0.4 is 10.1 Å². The molecule has 1 N–H and O–H groups in total. The predicted octanol–water partition coefficient (Wildman–Crippen LogP) is 4.98. The van der Waals surface area contributed by atoms with Crippen molar-refractivity contribution in [3.05, 3.63) is 58.9 Å². The molecule has 0 atom stereocenters. The van der Waals surface area contributed by atoms with Gasteiger partial charge in [-0.15, -0.1) is 0 Å². The summed E-state index contributed by atoms with van der Waals surface area (Å²) >= 11 is 11.0. The van der Waals surface area contributed by atoms with E-state index in [1.165, 1.54) is 31.4 Å². The Bertz CT molecular complexity index is 988. The molecule has 0 saturated heterocycles. The molecular formula is C18H13Cl2F2N3O3. The minimum atomic E-state index is -3.74. The molecule has 1 heterocycles. The van der Waals surface area contributed by atoms with Crippen molar-refractivity contribution in [1.29, 1.82) is 0 Å². The number of Topliss-reactive ketones (excluding diaryl/α,β-unsaturated/α-hetero) is 1. The SMILES string of the molecule is COc1ccc(NCC(=O)c2ccc(-c3noc(C(F)(F)Cl)n3)cc2)c(Cl)c1. The van der Waals surface area contributed by atoms with Gasteiger partial charge in [-0.05, 0) is 23.7 Å². The van der Waals surface area contributed by atoms with Crippen molar-refractivity contribution < 1.29 is 22.8 Å². The average molecular weight is 428 g/mol. The lowest BCUT2D eigenvalue weighted by atomic mass is 10.1. The fraction of sp³-hybridized carbons (Fsp3) is 0.167. The van der Waals surface area contributed by atoms with E-state index in [0.29, 0.717) is 27.6 Å². The van der Waals surface area contributed by atoms with Gasteiger partial charge in [-0.2, -0.15) is 13.8 Å². The Hall–Kier alpha value is -2.71. The van der Waals surface area contributed by atoms with Crippen molar-refractivity contribution in [3.63, 3.8) is 0 Å². The van der Waals surface area contributed by atoms with Gasteiger partial charge in [-0.25, -0.2) is 0 Å². The quantitative estimate of drug-likeness (QED) is 0.423. The fourth-order valence-electron chi connectivity index (χ4n) is 2.30. The summed E-state index contributed by atoms with van der Waals surface area (Å²) in [5, 5.41) is 3.09. The summed E-state index contributed by atoms with van der Waals surface area (Å²) in [6, 6.07) is 11.2. The first-order chi connectivity index (χ1) is 13.3. The highest BCUT2D eigenvalue weighted by atomic mass is 35.5. The average Bonchev–Trinajstić information content (AvgIpc) is 3.17. The zero-order valence-corrected chi connectivity index (χ0v) is 15.9. The highest BCUT2D eigenvalue weighted by Crippen LogP contribution is 2.32. The van der Waals surface area contributed by atoms with Gasteiger partial charge in [0.25, 0.3) is 0 Å². The number of carbonyl (C=O) groups excluding carboxylic acids is 1. The van der Waals surface area contributed by atoms with Crippen molar-refractivity contribution in [2.24, 2.45) is 0 Å². The number of methoxy groups -OCH3 is 1. The van der Waals surface area contributed by atoms with E-state index in [0.717, 1.165) is 0 Å². The van der Waals surface area contributed by atoms with Gasteiger partial charge in [0.15, 0.2) is 5.78 Å². The summed E-state index contributed by atoms with van der Waals surface area (Å²) in [4.78, 5) is 15.9. The van der Waals surface area contributed by atoms with Gasteiger partial charge in [-0.3, -0.25) is 4.79 Å². The number of hydrogen-bond donors (Lipinski definition) is 1. The number of alkyl halides is 3. The first kappa shape index (κ1) is 20.0. The molecule has 10 heteroatoms. The van der Waals surface area contributed by atoms with Crippen molar-refractivity contribution in [2.75, 3.05) is 19.0 Å². The van der Waals surface area contributed by atoms with Crippen molar-refractivity contribution >= 4 is 34.7 Å². The molecule has 6 nitrogen and oxygen atoms in total. The lowest BCUT2D eigenvalue weighted by molar-refractivity contribution is 0.0551. The van der Waals surface area contributed by atoms with E-state index in [9.17, 15) is 13.6 Å². The summed E-state index contributed by atoms with van der Waals surface area (Å²) in [7, 11) is 1.53. The third-order valence-corrected chi connectivity index (χ3v) is 4.22. The second-order valence-corrected chi connectivity index (χ2v) is 6.50. The van der Waals surface area contributed by atoms with Crippen LogP contribution in [0.5, 0.6) is 5.75 Å². The van der Waals surface area contributed by atoms with Crippen LogP contribution in [0, 0.1) is 0 Å². The molecule has 1 aromatic heterocycles. The first-order valence-electron chi connectivity index (χ1n) is 7.90. The summed E-state index contributed by atoms with van der Waals surface area (Å²) in [5.41, 5.74) is 1.40. The van der Waals surface area contributed by atoms with Gasteiger partial charge in [0, 0.05) is 17.2 Å². The molecule has 0 amide bonds. The monoisotopic (exact) mass is 427 g/mol. The van der Waals surface area contributed by atoms with Crippen molar-refractivity contribution in [3.8, 4) is 17.1 Å². The molecule has 0 aliphatic heterocycles. The number of aromatic nitrogens is 2. The Morgan fingerprint density at radius 3 is 2.54 bits per heavy atom. The molecule has 0 aliphatic carbocycles. The topological polar surface area (TPSA) is 77.2 Å². The molecule has 0 fully saturated rings. The van der Waals surface area contributed by atoms with Crippen molar-refractivity contribution in [2.45, 2.75) is 5.38 Å². The standard InChI is InChI=1S/C18H13Cl2F2N3O3/c1-27-12-6-7-14(13(19)8-12)23-9-15(26)10-2-4-11(5-3-10)16-24-17(28-25-16)18(20,21)22/h2-8,23H,9H2,1H3. The van der Waals surface area contributed by atoms with E-state index in [-0.39, 0.29) is 18.2 Å². The molecule has 3 rings (SSSR count). The Balaban J connectivity index is 1.66. The lowest BCUT2D eigenvalue weighted by Gasteiger charge is -2.09. The number of nitrogens with zero attached hydrogens (tertiary/aromatic N) is 2.